The lowest BCUT2D eigenvalue weighted by molar-refractivity contribution is 0.0141. The van der Waals surface area contributed by atoms with Gasteiger partial charge in [0.1, 0.15) is 6.61 Å². The minimum Gasteiger partial charge on any atom is -0.375 e. The van der Waals surface area contributed by atoms with Crippen molar-refractivity contribution in [2.24, 2.45) is 5.84 Å². The van der Waals surface area contributed by atoms with Crippen molar-refractivity contribution in [3.05, 3.63) is 0 Å². The molecule has 0 saturated carbocycles. The van der Waals surface area contributed by atoms with Crippen LogP contribution in [0.15, 0.2) is 0 Å². The molecule has 0 spiro atoms. The number of hydrazine groups is 1. The van der Waals surface area contributed by atoms with Crippen LogP contribution >= 0.6 is 0 Å². The minimum atomic E-state index is -2.38. The fourth-order valence-corrected chi connectivity index (χ4v) is 1.53. The highest BCUT2D eigenvalue weighted by Crippen LogP contribution is 2.07. The Morgan fingerprint density at radius 1 is 1.19 bits per heavy atom. The van der Waals surface area contributed by atoms with Gasteiger partial charge in [0.25, 0.3) is 6.43 Å². The van der Waals surface area contributed by atoms with Crippen LogP contribution in [0.5, 0.6) is 0 Å². The number of ether oxygens (including phenoxy) is 1. The Morgan fingerprint density at radius 3 is 2.50 bits per heavy atom. The molecule has 98 valence electrons. The zero-order valence-corrected chi connectivity index (χ0v) is 10.1. The van der Waals surface area contributed by atoms with Crippen LogP contribution in [0.25, 0.3) is 0 Å². The van der Waals surface area contributed by atoms with Gasteiger partial charge in [0.05, 0.1) is 0 Å². The number of unbranched alkanes of at least 4 members (excludes halogenated alkanes) is 3. The van der Waals surface area contributed by atoms with Crippen molar-refractivity contribution in [3.8, 4) is 0 Å². The van der Waals surface area contributed by atoms with Crippen LogP contribution in [0.3, 0.4) is 0 Å². The molecule has 0 radical (unpaired) electrons. The molecule has 5 heteroatoms. The van der Waals surface area contributed by atoms with E-state index >= 15 is 0 Å². The van der Waals surface area contributed by atoms with Gasteiger partial charge in [-0.25, -0.2) is 8.78 Å². The molecule has 3 N–H and O–H groups in total. The summed E-state index contributed by atoms with van der Waals surface area (Å²) in [5.74, 6) is 5.38. The molecule has 0 heterocycles. The fourth-order valence-electron chi connectivity index (χ4n) is 1.53. The standard InChI is InChI=1S/C11H24F2N2O/c1-2-3-4-5-6-10(15-14)7-8-16-9-11(12)13/h10-11,15H,2-9,14H2,1H3. The topological polar surface area (TPSA) is 47.3 Å². The Labute approximate surface area is 96.7 Å². The third-order valence-corrected chi connectivity index (χ3v) is 2.50. The van der Waals surface area contributed by atoms with Crippen molar-refractivity contribution in [1.82, 2.24) is 5.43 Å². The SMILES string of the molecule is CCCCCCC(CCOCC(F)F)NN. The third kappa shape index (κ3) is 10.3. The van der Waals surface area contributed by atoms with E-state index in [1.807, 2.05) is 0 Å². The molecule has 1 atom stereocenters. The summed E-state index contributed by atoms with van der Waals surface area (Å²) in [5.41, 5.74) is 2.70. The second-order valence-electron chi connectivity index (χ2n) is 3.97. The first-order valence-electron chi connectivity index (χ1n) is 6.02. The Bertz CT molecular complexity index is 148. The molecule has 0 aromatic heterocycles. The van der Waals surface area contributed by atoms with E-state index in [2.05, 4.69) is 12.3 Å². The van der Waals surface area contributed by atoms with Gasteiger partial charge in [-0.3, -0.25) is 11.3 Å². The normalized spacial score (nSPS) is 13.3. The molecular weight excluding hydrogens is 214 g/mol. The van der Waals surface area contributed by atoms with Gasteiger partial charge in [0, 0.05) is 12.6 Å². The van der Waals surface area contributed by atoms with Gasteiger partial charge >= 0.3 is 0 Å². The number of rotatable bonds is 11. The van der Waals surface area contributed by atoms with E-state index in [0.717, 1.165) is 12.8 Å². The fraction of sp³-hybridized carbons (Fsp3) is 1.00. The number of halogens is 2. The summed E-state index contributed by atoms with van der Waals surface area (Å²) in [6.07, 6.45) is 4.06. The van der Waals surface area contributed by atoms with Gasteiger partial charge in [-0.1, -0.05) is 32.6 Å². The Hall–Kier alpha value is -0.260. The zero-order chi connectivity index (χ0) is 12.2. The van der Waals surface area contributed by atoms with Crippen LogP contribution < -0.4 is 11.3 Å². The van der Waals surface area contributed by atoms with Crippen LogP contribution in [-0.2, 0) is 4.74 Å². The molecule has 3 nitrogen and oxygen atoms in total. The summed E-state index contributed by atoms with van der Waals surface area (Å²) in [4.78, 5) is 0. The quantitative estimate of drug-likeness (QED) is 0.330. The largest absolute Gasteiger partial charge is 0.375 e. The Morgan fingerprint density at radius 2 is 1.94 bits per heavy atom. The maximum Gasteiger partial charge on any atom is 0.261 e. The van der Waals surface area contributed by atoms with Gasteiger partial charge in [0.2, 0.25) is 0 Å². The molecule has 0 saturated heterocycles. The molecule has 1 unspecified atom stereocenters. The van der Waals surface area contributed by atoms with Crippen molar-refractivity contribution < 1.29 is 13.5 Å². The lowest BCUT2D eigenvalue weighted by Crippen LogP contribution is -2.36. The molecule has 0 amide bonds. The first kappa shape index (κ1) is 15.7. The molecule has 0 aliphatic rings. The molecule has 0 bridgehead atoms. The van der Waals surface area contributed by atoms with E-state index in [1.54, 1.807) is 0 Å². The predicted octanol–water partition coefficient (Wildman–Crippen LogP) is 2.46. The lowest BCUT2D eigenvalue weighted by atomic mass is 10.1. The lowest BCUT2D eigenvalue weighted by Gasteiger charge is -2.15. The minimum absolute atomic E-state index is 0.175. The first-order valence-corrected chi connectivity index (χ1v) is 6.02. The average Bonchev–Trinajstić information content (AvgIpc) is 2.26. The van der Waals surface area contributed by atoms with Crippen molar-refractivity contribution in [1.29, 1.82) is 0 Å². The van der Waals surface area contributed by atoms with Gasteiger partial charge in [0.15, 0.2) is 0 Å². The number of alkyl halides is 2. The highest BCUT2D eigenvalue weighted by Gasteiger charge is 2.07. The van der Waals surface area contributed by atoms with E-state index < -0.39 is 13.0 Å². The average molecular weight is 238 g/mol. The highest BCUT2D eigenvalue weighted by molar-refractivity contribution is 4.63. The van der Waals surface area contributed by atoms with Crippen molar-refractivity contribution >= 4 is 0 Å². The Kier molecular flexibility index (Phi) is 11.0. The highest BCUT2D eigenvalue weighted by atomic mass is 19.3. The number of nitrogens with one attached hydrogen (secondary N) is 1. The molecule has 0 aliphatic heterocycles. The van der Waals surface area contributed by atoms with Crippen molar-refractivity contribution in [2.45, 2.75) is 57.9 Å². The molecule has 0 rings (SSSR count). The van der Waals surface area contributed by atoms with Gasteiger partial charge in [-0.05, 0) is 12.8 Å². The summed E-state index contributed by atoms with van der Waals surface area (Å²) >= 11 is 0. The second-order valence-corrected chi connectivity index (χ2v) is 3.97. The van der Waals surface area contributed by atoms with Crippen LogP contribution in [-0.4, -0.2) is 25.7 Å². The van der Waals surface area contributed by atoms with E-state index in [9.17, 15) is 8.78 Å². The molecular formula is C11H24F2N2O. The summed E-state index contributed by atoms with van der Waals surface area (Å²) < 4.78 is 28.3. The first-order chi connectivity index (χ1) is 7.70. The summed E-state index contributed by atoms with van der Waals surface area (Å²) in [7, 11) is 0. The van der Waals surface area contributed by atoms with E-state index in [0.29, 0.717) is 13.0 Å². The maximum absolute atomic E-state index is 11.8. The molecule has 0 aliphatic carbocycles. The van der Waals surface area contributed by atoms with Gasteiger partial charge < -0.3 is 4.74 Å². The van der Waals surface area contributed by atoms with Gasteiger partial charge in [-0.2, -0.15) is 0 Å². The number of hydrogen-bond acceptors (Lipinski definition) is 3. The number of nitrogens with two attached hydrogens (primary N) is 1. The number of hydrogen-bond donors (Lipinski definition) is 2. The maximum atomic E-state index is 11.8. The van der Waals surface area contributed by atoms with Crippen molar-refractivity contribution in [2.75, 3.05) is 13.2 Å². The van der Waals surface area contributed by atoms with E-state index in [4.69, 9.17) is 10.6 Å². The zero-order valence-electron chi connectivity index (χ0n) is 10.1. The summed E-state index contributed by atoms with van der Waals surface area (Å²) in [6.45, 7) is 2.02. The van der Waals surface area contributed by atoms with Crippen LogP contribution in [0.4, 0.5) is 8.78 Å². The Balaban J connectivity index is 3.36. The predicted molar refractivity (Wildman–Crippen MR) is 61.3 cm³/mol. The summed E-state index contributed by atoms with van der Waals surface area (Å²) in [6, 6.07) is 0.175. The van der Waals surface area contributed by atoms with Gasteiger partial charge in [-0.15, -0.1) is 0 Å². The smallest absolute Gasteiger partial charge is 0.261 e. The summed E-state index contributed by atoms with van der Waals surface area (Å²) in [5, 5.41) is 0. The van der Waals surface area contributed by atoms with E-state index in [-0.39, 0.29) is 6.04 Å². The van der Waals surface area contributed by atoms with Crippen LogP contribution in [0.1, 0.15) is 45.4 Å². The molecule has 16 heavy (non-hydrogen) atoms. The third-order valence-electron chi connectivity index (χ3n) is 2.50. The van der Waals surface area contributed by atoms with E-state index in [1.165, 1.54) is 19.3 Å². The second kappa shape index (κ2) is 11.2. The monoisotopic (exact) mass is 238 g/mol. The van der Waals surface area contributed by atoms with Crippen molar-refractivity contribution in [3.63, 3.8) is 0 Å². The molecule has 0 aromatic rings. The molecule has 0 fully saturated rings. The molecule has 0 aromatic carbocycles. The van der Waals surface area contributed by atoms with Crippen LogP contribution in [0, 0.1) is 0 Å². The van der Waals surface area contributed by atoms with Crippen LogP contribution in [0.2, 0.25) is 0 Å².